The van der Waals surface area contributed by atoms with E-state index in [9.17, 15) is 8.42 Å². The number of hydrogen-bond donors (Lipinski definition) is 1. The van der Waals surface area contributed by atoms with Gasteiger partial charge in [0.2, 0.25) is 9.84 Å². The number of nitrogens with zero attached hydrogens (tertiary/aromatic N) is 3. The van der Waals surface area contributed by atoms with Crippen molar-refractivity contribution in [3.8, 4) is 0 Å². The van der Waals surface area contributed by atoms with Gasteiger partial charge in [0, 0.05) is 17.2 Å². The molecule has 148 valence electrons. The van der Waals surface area contributed by atoms with Crippen molar-refractivity contribution < 1.29 is 8.42 Å². The minimum absolute atomic E-state index is 0.0580. The van der Waals surface area contributed by atoms with Crippen molar-refractivity contribution in [3.63, 3.8) is 0 Å². The minimum atomic E-state index is -3.87. The molecule has 0 bridgehead atoms. The Kier molecular flexibility index (Phi) is 4.70. The van der Waals surface area contributed by atoms with Crippen LogP contribution in [0.1, 0.15) is 36.1 Å². The van der Waals surface area contributed by atoms with Crippen molar-refractivity contribution in [1.82, 2.24) is 9.97 Å². The Morgan fingerprint density at radius 1 is 0.931 bits per heavy atom. The summed E-state index contributed by atoms with van der Waals surface area (Å²) in [7, 11) is -3.87. The number of nitrogens with one attached hydrogen (secondary N) is 1. The SMILES string of the molecule is Cc1ccc(C2=Nc3c(NC(C)C)ncnc3S(=O)(=O)c3ccc(C)cc32)cc1. The fraction of sp³-hybridized carbons (Fsp3) is 0.227. The van der Waals surface area contributed by atoms with Gasteiger partial charge >= 0.3 is 0 Å². The summed E-state index contributed by atoms with van der Waals surface area (Å²) in [6, 6.07) is 13.2. The van der Waals surface area contributed by atoms with E-state index in [1.54, 1.807) is 12.1 Å². The molecule has 3 aromatic rings. The van der Waals surface area contributed by atoms with Crippen LogP contribution in [0.4, 0.5) is 11.5 Å². The van der Waals surface area contributed by atoms with Crippen LogP contribution in [-0.4, -0.2) is 30.1 Å². The summed E-state index contributed by atoms with van der Waals surface area (Å²) in [6.07, 6.45) is 1.27. The van der Waals surface area contributed by atoms with Gasteiger partial charge in [-0.3, -0.25) is 0 Å². The summed E-state index contributed by atoms with van der Waals surface area (Å²) in [5, 5.41) is 3.11. The van der Waals surface area contributed by atoms with Crippen LogP contribution in [0.15, 0.2) is 63.7 Å². The van der Waals surface area contributed by atoms with Crippen molar-refractivity contribution in [1.29, 1.82) is 0 Å². The number of aliphatic imine (C=N–C) groups is 1. The van der Waals surface area contributed by atoms with Gasteiger partial charge in [-0.05, 0) is 39.8 Å². The number of fused-ring (bicyclic) bond motifs is 2. The third-order valence-electron chi connectivity index (χ3n) is 4.70. The van der Waals surface area contributed by atoms with E-state index in [1.165, 1.54) is 6.33 Å². The lowest BCUT2D eigenvalue weighted by atomic mass is 9.99. The zero-order chi connectivity index (χ0) is 20.8. The maximum atomic E-state index is 13.5. The normalized spacial score (nSPS) is 14.6. The highest BCUT2D eigenvalue weighted by atomic mass is 32.2. The summed E-state index contributed by atoms with van der Waals surface area (Å²) in [4.78, 5) is 13.4. The van der Waals surface area contributed by atoms with E-state index < -0.39 is 9.84 Å². The van der Waals surface area contributed by atoms with E-state index in [4.69, 9.17) is 4.99 Å². The lowest BCUT2D eigenvalue weighted by molar-refractivity contribution is 0.592. The van der Waals surface area contributed by atoms with Crippen molar-refractivity contribution in [2.75, 3.05) is 5.32 Å². The molecule has 0 radical (unpaired) electrons. The number of rotatable bonds is 3. The van der Waals surface area contributed by atoms with Crippen LogP contribution < -0.4 is 5.32 Å². The lowest BCUT2D eigenvalue weighted by Crippen LogP contribution is -2.13. The summed E-state index contributed by atoms with van der Waals surface area (Å²) < 4.78 is 27.0. The molecule has 4 rings (SSSR count). The van der Waals surface area contributed by atoms with E-state index in [0.29, 0.717) is 17.1 Å². The van der Waals surface area contributed by atoms with Gasteiger partial charge < -0.3 is 5.32 Å². The molecular weight excluding hydrogens is 384 g/mol. The summed E-state index contributed by atoms with van der Waals surface area (Å²) in [5.74, 6) is 0.405. The van der Waals surface area contributed by atoms with Gasteiger partial charge in [-0.15, -0.1) is 0 Å². The van der Waals surface area contributed by atoms with Gasteiger partial charge in [0.25, 0.3) is 0 Å². The van der Waals surface area contributed by atoms with Crippen LogP contribution >= 0.6 is 0 Å². The van der Waals surface area contributed by atoms with E-state index in [1.807, 2.05) is 58.0 Å². The lowest BCUT2D eigenvalue weighted by Gasteiger charge is -2.12. The van der Waals surface area contributed by atoms with Crippen molar-refractivity contribution >= 4 is 27.1 Å². The van der Waals surface area contributed by atoms with Crippen molar-refractivity contribution in [2.24, 2.45) is 4.99 Å². The van der Waals surface area contributed by atoms with Gasteiger partial charge in [-0.25, -0.2) is 23.4 Å². The Hall–Kier alpha value is -3.06. The first kappa shape index (κ1) is 19.3. The average molecular weight is 407 g/mol. The van der Waals surface area contributed by atoms with Crippen LogP contribution in [-0.2, 0) is 9.84 Å². The predicted octanol–water partition coefficient (Wildman–Crippen LogP) is 4.23. The molecule has 1 aliphatic heterocycles. The van der Waals surface area contributed by atoms with Crippen LogP contribution in [0, 0.1) is 13.8 Å². The van der Waals surface area contributed by atoms with E-state index >= 15 is 0 Å². The third-order valence-corrected chi connectivity index (χ3v) is 6.44. The predicted molar refractivity (Wildman–Crippen MR) is 114 cm³/mol. The van der Waals surface area contributed by atoms with Gasteiger partial charge in [0.1, 0.15) is 12.0 Å². The Bertz CT molecular complexity index is 1230. The van der Waals surface area contributed by atoms with E-state index in [0.717, 1.165) is 16.7 Å². The molecule has 0 spiro atoms. The van der Waals surface area contributed by atoms with E-state index in [2.05, 4.69) is 15.3 Å². The van der Waals surface area contributed by atoms with E-state index in [-0.39, 0.29) is 21.7 Å². The zero-order valence-corrected chi connectivity index (χ0v) is 17.6. The van der Waals surface area contributed by atoms with Crippen molar-refractivity contribution in [2.45, 2.75) is 43.7 Å². The molecule has 6 nitrogen and oxygen atoms in total. The number of aromatic nitrogens is 2. The van der Waals surface area contributed by atoms with Crippen molar-refractivity contribution in [3.05, 3.63) is 71.0 Å². The fourth-order valence-electron chi connectivity index (χ4n) is 3.31. The number of hydrogen-bond acceptors (Lipinski definition) is 6. The number of sulfone groups is 1. The smallest absolute Gasteiger partial charge is 0.226 e. The van der Waals surface area contributed by atoms with Crippen LogP contribution in [0.2, 0.25) is 0 Å². The molecule has 1 aromatic heterocycles. The second kappa shape index (κ2) is 7.08. The van der Waals surface area contributed by atoms with Gasteiger partial charge in [0.05, 0.1) is 10.6 Å². The number of benzene rings is 2. The first-order valence-electron chi connectivity index (χ1n) is 9.41. The molecule has 7 heteroatoms. The Morgan fingerprint density at radius 3 is 2.31 bits per heavy atom. The topological polar surface area (TPSA) is 84.3 Å². The van der Waals surface area contributed by atoms with Crippen LogP contribution in [0.3, 0.4) is 0 Å². The molecule has 2 heterocycles. The second-order valence-corrected chi connectivity index (χ2v) is 9.34. The van der Waals surface area contributed by atoms with Crippen LogP contribution in [0.5, 0.6) is 0 Å². The number of aryl methyl sites for hydroxylation is 2. The molecule has 0 unspecified atom stereocenters. The highest BCUT2D eigenvalue weighted by Gasteiger charge is 2.33. The highest BCUT2D eigenvalue weighted by Crippen LogP contribution is 2.39. The monoisotopic (exact) mass is 406 g/mol. The fourth-order valence-corrected chi connectivity index (χ4v) is 4.79. The quantitative estimate of drug-likeness (QED) is 0.515. The summed E-state index contributed by atoms with van der Waals surface area (Å²) in [5.41, 5.74) is 4.31. The maximum Gasteiger partial charge on any atom is 0.226 e. The Labute approximate surface area is 170 Å². The molecule has 0 saturated heterocycles. The first-order chi connectivity index (χ1) is 13.8. The number of anilines is 1. The highest BCUT2D eigenvalue weighted by molar-refractivity contribution is 7.91. The molecule has 2 aromatic carbocycles. The average Bonchev–Trinajstić information content (AvgIpc) is 2.76. The van der Waals surface area contributed by atoms with Gasteiger partial charge in [0.15, 0.2) is 10.8 Å². The Morgan fingerprint density at radius 2 is 1.62 bits per heavy atom. The molecular formula is C22H22N4O2S. The molecule has 0 aliphatic carbocycles. The molecule has 0 atom stereocenters. The largest absolute Gasteiger partial charge is 0.366 e. The third kappa shape index (κ3) is 3.42. The van der Waals surface area contributed by atoms with Crippen LogP contribution in [0.25, 0.3) is 0 Å². The van der Waals surface area contributed by atoms with Gasteiger partial charge in [-0.1, -0.05) is 41.5 Å². The second-order valence-electron chi connectivity index (χ2n) is 7.50. The molecule has 0 amide bonds. The maximum absolute atomic E-state index is 13.5. The molecule has 1 aliphatic rings. The summed E-state index contributed by atoms with van der Waals surface area (Å²) in [6.45, 7) is 7.86. The molecule has 29 heavy (non-hydrogen) atoms. The molecule has 0 saturated carbocycles. The molecule has 1 N–H and O–H groups in total. The molecule has 0 fully saturated rings. The van der Waals surface area contributed by atoms with Gasteiger partial charge in [-0.2, -0.15) is 0 Å². The standard InChI is InChI=1S/C22H22N4O2S/c1-13(2)25-21-20-22(24-12-23-21)29(27,28)18-10-7-15(4)11-17(18)19(26-20)16-8-5-14(3)6-9-16/h5-13H,1-4H3,(H,23,24,25). The zero-order valence-electron chi connectivity index (χ0n) is 16.8. The minimum Gasteiger partial charge on any atom is -0.366 e. The summed E-state index contributed by atoms with van der Waals surface area (Å²) >= 11 is 0. The first-order valence-corrected chi connectivity index (χ1v) is 10.9. The Balaban J connectivity index is 2.10.